The van der Waals surface area contributed by atoms with E-state index >= 15 is 0 Å². The first-order valence-electron chi connectivity index (χ1n) is 8.80. The summed E-state index contributed by atoms with van der Waals surface area (Å²) in [5.74, 6) is -0.260. The highest BCUT2D eigenvalue weighted by molar-refractivity contribution is 9.10. The molecule has 2 aromatic heterocycles. The Morgan fingerprint density at radius 1 is 1.21 bits per heavy atom. The van der Waals surface area contributed by atoms with E-state index in [0.29, 0.717) is 15.6 Å². The summed E-state index contributed by atoms with van der Waals surface area (Å²) in [6.07, 6.45) is 1.38. The fraction of sp³-hybridized carbons (Fsp3) is 0.200. The maximum absolute atomic E-state index is 12.7. The SMILES string of the molecule is CC(NC(=O)Cn1cnc2c(c(Br)nn2C)c1=O)c1cccc2ccccc12. The van der Waals surface area contributed by atoms with Gasteiger partial charge in [-0.3, -0.25) is 14.2 Å². The van der Waals surface area contributed by atoms with E-state index in [-0.39, 0.29) is 24.1 Å². The second-order valence-corrected chi connectivity index (χ2v) is 7.40. The van der Waals surface area contributed by atoms with Crippen LogP contribution in [0.15, 0.2) is 58.2 Å². The van der Waals surface area contributed by atoms with Crippen LogP contribution >= 0.6 is 15.9 Å². The van der Waals surface area contributed by atoms with Crippen LogP contribution in [0.3, 0.4) is 0 Å². The highest BCUT2D eigenvalue weighted by Crippen LogP contribution is 2.24. The Hall–Kier alpha value is -3.00. The molecule has 4 aromatic rings. The molecule has 7 nitrogen and oxygen atoms in total. The number of benzene rings is 2. The van der Waals surface area contributed by atoms with Crippen molar-refractivity contribution < 1.29 is 4.79 Å². The molecular weight excluding hydrogens is 422 g/mol. The molecule has 0 saturated heterocycles. The van der Waals surface area contributed by atoms with Crippen LogP contribution in [0, 0.1) is 0 Å². The van der Waals surface area contributed by atoms with E-state index in [1.807, 2.05) is 49.4 Å². The van der Waals surface area contributed by atoms with Crippen molar-refractivity contribution in [2.45, 2.75) is 19.5 Å². The van der Waals surface area contributed by atoms with Gasteiger partial charge < -0.3 is 5.32 Å². The summed E-state index contributed by atoms with van der Waals surface area (Å²) < 4.78 is 3.23. The minimum absolute atomic E-state index is 0.113. The lowest BCUT2D eigenvalue weighted by Gasteiger charge is -2.17. The van der Waals surface area contributed by atoms with Crippen molar-refractivity contribution in [2.75, 3.05) is 0 Å². The standard InChI is InChI=1S/C20H18BrN5O2/c1-12(14-9-5-7-13-6-3-4-8-15(13)14)23-16(27)10-26-11-22-19-17(20(26)28)18(21)24-25(19)2/h3-9,11-12H,10H2,1-2H3,(H,23,27). The quantitative estimate of drug-likeness (QED) is 0.529. The van der Waals surface area contributed by atoms with Gasteiger partial charge in [-0.05, 0) is 39.2 Å². The van der Waals surface area contributed by atoms with Gasteiger partial charge in [-0.2, -0.15) is 5.10 Å². The van der Waals surface area contributed by atoms with Crippen LogP contribution in [0.25, 0.3) is 21.8 Å². The topological polar surface area (TPSA) is 81.8 Å². The third kappa shape index (κ3) is 3.20. The van der Waals surface area contributed by atoms with E-state index in [0.717, 1.165) is 16.3 Å². The Kier molecular flexibility index (Phi) is 4.72. The smallest absolute Gasteiger partial charge is 0.266 e. The average Bonchev–Trinajstić information content (AvgIpc) is 2.97. The summed E-state index contributed by atoms with van der Waals surface area (Å²) in [5, 5.41) is 9.69. The number of carbonyl (C=O) groups excluding carboxylic acids is 1. The molecule has 0 radical (unpaired) electrons. The summed E-state index contributed by atoms with van der Waals surface area (Å²) in [7, 11) is 1.71. The van der Waals surface area contributed by atoms with Crippen LogP contribution in [0.1, 0.15) is 18.5 Å². The van der Waals surface area contributed by atoms with Crippen molar-refractivity contribution in [3.63, 3.8) is 0 Å². The second kappa shape index (κ2) is 7.20. The molecule has 1 unspecified atom stereocenters. The molecule has 0 aliphatic rings. The number of amides is 1. The molecule has 2 aromatic carbocycles. The van der Waals surface area contributed by atoms with Gasteiger partial charge in [0.15, 0.2) is 5.65 Å². The number of rotatable bonds is 4. The molecule has 8 heteroatoms. The van der Waals surface area contributed by atoms with Crippen LogP contribution < -0.4 is 10.9 Å². The third-order valence-corrected chi connectivity index (χ3v) is 5.30. The number of nitrogens with zero attached hydrogens (tertiary/aromatic N) is 4. The second-order valence-electron chi connectivity index (χ2n) is 6.65. The largest absolute Gasteiger partial charge is 0.348 e. The van der Waals surface area contributed by atoms with E-state index in [1.165, 1.54) is 15.6 Å². The zero-order chi connectivity index (χ0) is 19.8. The maximum Gasteiger partial charge on any atom is 0.266 e. The van der Waals surface area contributed by atoms with Crippen molar-refractivity contribution in [3.05, 3.63) is 69.3 Å². The average molecular weight is 440 g/mol. The van der Waals surface area contributed by atoms with Crippen molar-refractivity contribution in [2.24, 2.45) is 7.05 Å². The monoisotopic (exact) mass is 439 g/mol. The highest BCUT2D eigenvalue weighted by atomic mass is 79.9. The van der Waals surface area contributed by atoms with Gasteiger partial charge in [-0.1, -0.05) is 42.5 Å². The van der Waals surface area contributed by atoms with Gasteiger partial charge >= 0.3 is 0 Å². The number of hydrogen-bond acceptors (Lipinski definition) is 4. The lowest BCUT2D eigenvalue weighted by atomic mass is 10.00. The van der Waals surface area contributed by atoms with E-state index in [9.17, 15) is 9.59 Å². The molecule has 0 fully saturated rings. The van der Waals surface area contributed by atoms with E-state index in [4.69, 9.17) is 0 Å². The van der Waals surface area contributed by atoms with Gasteiger partial charge in [0.25, 0.3) is 5.56 Å². The number of aromatic nitrogens is 4. The Morgan fingerprint density at radius 3 is 2.79 bits per heavy atom. The lowest BCUT2D eigenvalue weighted by Crippen LogP contribution is -2.34. The summed E-state index contributed by atoms with van der Waals surface area (Å²) in [6, 6.07) is 13.9. The number of aryl methyl sites for hydroxylation is 1. The van der Waals surface area contributed by atoms with E-state index in [2.05, 4.69) is 31.3 Å². The Morgan fingerprint density at radius 2 is 1.96 bits per heavy atom. The lowest BCUT2D eigenvalue weighted by molar-refractivity contribution is -0.122. The third-order valence-electron chi connectivity index (χ3n) is 4.75. The molecule has 1 amide bonds. The number of fused-ring (bicyclic) bond motifs is 2. The van der Waals surface area contributed by atoms with Gasteiger partial charge in [0, 0.05) is 7.05 Å². The van der Waals surface area contributed by atoms with Crippen LogP contribution in [0.4, 0.5) is 0 Å². The van der Waals surface area contributed by atoms with Crippen LogP contribution in [-0.2, 0) is 18.4 Å². The molecule has 28 heavy (non-hydrogen) atoms. The summed E-state index contributed by atoms with van der Waals surface area (Å²) >= 11 is 3.28. The predicted octanol–water partition coefficient (Wildman–Crippen LogP) is 2.92. The summed E-state index contributed by atoms with van der Waals surface area (Å²) in [4.78, 5) is 29.5. The van der Waals surface area contributed by atoms with Crippen molar-refractivity contribution in [1.29, 1.82) is 0 Å². The first-order chi connectivity index (χ1) is 13.5. The Balaban J connectivity index is 1.58. The fourth-order valence-corrected chi connectivity index (χ4v) is 3.98. The maximum atomic E-state index is 12.7. The molecule has 2 heterocycles. The van der Waals surface area contributed by atoms with Crippen LogP contribution in [0.5, 0.6) is 0 Å². The Labute approximate surface area is 169 Å². The normalized spacial score (nSPS) is 12.4. The van der Waals surface area contributed by atoms with Gasteiger partial charge in [-0.15, -0.1) is 0 Å². The molecule has 0 spiro atoms. The van der Waals surface area contributed by atoms with Crippen molar-refractivity contribution in [3.8, 4) is 0 Å². The molecule has 142 valence electrons. The molecule has 1 N–H and O–H groups in total. The first kappa shape index (κ1) is 18.4. The van der Waals surface area contributed by atoms with Gasteiger partial charge in [-0.25, -0.2) is 9.67 Å². The first-order valence-corrected chi connectivity index (χ1v) is 9.59. The number of halogens is 1. The number of nitrogens with one attached hydrogen (secondary N) is 1. The van der Waals surface area contributed by atoms with E-state index < -0.39 is 0 Å². The van der Waals surface area contributed by atoms with Gasteiger partial charge in [0.05, 0.1) is 6.04 Å². The minimum atomic E-state index is -0.307. The van der Waals surface area contributed by atoms with E-state index in [1.54, 1.807) is 7.05 Å². The zero-order valence-corrected chi connectivity index (χ0v) is 17.0. The van der Waals surface area contributed by atoms with Crippen LogP contribution in [0.2, 0.25) is 0 Å². The molecule has 0 bridgehead atoms. The zero-order valence-electron chi connectivity index (χ0n) is 15.4. The molecule has 4 rings (SSSR count). The molecule has 1 atom stereocenters. The highest BCUT2D eigenvalue weighted by Gasteiger charge is 2.17. The fourth-order valence-electron chi connectivity index (χ4n) is 3.40. The van der Waals surface area contributed by atoms with Crippen molar-refractivity contribution in [1.82, 2.24) is 24.6 Å². The minimum Gasteiger partial charge on any atom is -0.348 e. The molecule has 0 aliphatic heterocycles. The van der Waals surface area contributed by atoms with Gasteiger partial charge in [0.2, 0.25) is 5.91 Å². The molecule has 0 saturated carbocycles. The number of hydrogen-bond donors (Lipinski definition) is 1. The summed E-state index contributed by atoms with van der Waals surface area (Å²) in [6.45, 7) is 1.82. The van der Waals surface area contributed by atoms with Gasteiger partial charge in [0.1, 0.15) is 22.9 Å². The molecular formula is C20H18BrN5O2. The molecule has 0 aliphatic carbocycles. The Bertz CT molecular complexity index is 1260. The van der Waals surface area contributed by atoms with Crippen molar-refractivity contribution >= 4 is 43.6 Å². The number of carbonyl (C=O) groups is 1. The predicted molar refractivity (Wildman–Crippen MR) is 111 cm³/mol. The van der Waals surface area contributed by atoms with Crippen LogP contribution in [-0.4, -0.2) is 25.2 Å². The summed E-state index contributed by atoms with van der Waals surface area (Å²) in [5.41, 5.74) is 1.19.